The van der Waals surface area contributed by atoms with Crippen molar-refractivity contribution in [1.82, 2.24) is 0 Å². The maximum atomic E-state index is 12.6. The lowest BCUT2D eigenvalue weighted by Gasteiger charge is -2.18. The molecule has 0 saturated carbocycles. The maximum Gasteiger partial charge on any atom is 0.123 e. The fourth-order valence-electron chi connectivity index (χ4n) is 3.00. The Balaban J connectivity index is 0.000000226. The van der Waals surface area contributed by atoms with Crippen LogP contribution in [0.15, 0.2) is 66.7 Å². The van der Waals surface area contributed by atoms with Crippen LogP contribution in [0.5, 0.6) is 0 Å². The highest BCUT2D eigenvalue weighted by Gasteiger charge is 2.11. The number of rotatable bonds is 2. The Morgan fingerprint density at radius 2 is 1.20 bits per heavy atom. The third kappa shape index (κ3) is 9.87. The summed E-state index contributed by atoms with van der Waals surface area (Å²) in [7, 11) is 0. The van der Waals surface area contributed by atoms with Crippen LogP contribution in [0.4, 0.5) is 4.39 Å². The van der Waals surface area contributed by atoms with Crippen molar-refractivity contribution >= 4 is 0 Å². The molecule has 0 aliphatic carbocycles. The molecule has 0 aliphatic rings. The van der Waals surface area contributed by atoms with Crippen molar-refractivity contribution in [3.8, 4) is 0 Å². The third-order valence-electron chi connectivity index (χ3n) is 4.92. The van der Waals surface area contributed by atoms with E-state index in [4.69, 9.17) is 0 Å². The predicted octanol–water partition coefficient (Wildman–Crippen LogP) is 8.55. The second-order valence-electron chi connectivity index (χ2n) is 8.95. The molecule has 0 N–H and O–H groups in total. The third-order valence-corrected chi connectivity index (χ3v) is 4.92. The lowest BCUT2D eigenvalue weighted by molar-refractivity contribution is 0.590. The summed E-state index contributed by atoms with van der Waals surface area (Å²) in [4.78, 5) is 0. The zero-order valence-corrected chi connectivity index (χ0v) is 20.1. The van der Waals surface area contributed by atoms with E-state index in [1.54, 1.807) is 12.1 Å². The summed E-state index contributed by atoms with van der Waals surface area (Å²) in [6.07, 6.45) is 2.04. The first-order chi connectivity index (χ1) is 14.0. The molecule has 3 aromatic rings. The first-order valence-electron chi connectivity index (χ1n) is 10.9. The molecular weight excluding hydrogens is 367 g/mol. The molecule has 0 heterocycles. The summed E-state index contributed by atoms with van der Waals surface area (Å²) in [5, 5.41) is 0. The van der Waals surface area contributed by atoms with Crippen LogP contribution in [0.3, 0.4) is 0 Å². The van der Waals surface area contributed by atoms with Crippen LogP contribution in [0, 0.1) is 26.6 Å². The van der Waals surface area contributed by atoms with E-state index in [9.17, 15) is 4.39 Å². The normalized spacial score (nSPS) is 10.4. The van der Waals surface area contributed by atoms with E-state index in [0.29, 0.717) is 0 Å². The zero-order chi connectivity index (χ0) is 22.7. The summed E-state index contributed by atoms with van der Waals surface area (Å²) < 4.78 is 12.6. The number of halogens is 1. The topological polar surface area (TPSA) is 0 Å². The molecule has 0 aromatic heterocycles. The van der Waals surface area contributed by atoms with Crippen LogP contribution in [0.1, 0.15) is 68.0 Å². The van der Waals surface area contributed by atoms with E-state index in [2.05, 4.69) is 90.1 Å². The molecule has 0 bridgehead atoms. The highest BCUT2D eigenvalue weighted by Crippen LogP contribution is 2.21. The Labute approximate surface area is 184 Å². The van der Waals surface area contributed by atoms with Crippen molar-refractivity contribution in [1.29, 1.82) is 0 Å². The van der Waals surface area contributed by atoms with Gasteiger partial charge in [0.25, 0.3) is 0 Å². The lowest BCUT2D eigenvalue weighted by atomic mass is 9.87. The van der Waals surface area contributed by atoms with Gasteiger partial charge in [-0.3, -0.25) is 0 Å². The largest absolute Gasteiger partial charge is 0.207 e. The van der Waals surface area contributed by atoms with Gasteiger partial charge < -0.3 is 0 Å². The average molecular weight is 407 g/mol. The highest BCUT2D eigenvalue weighted by atomic mass is 19.1. The molecule has 0 fully saturated rings. The Morgan fingerprint density at radius 3 is 1.63 bits per heavy atom. The van der Waals surface area contributed by atoms with Crippen LogP contribution in [0.2, 0.25) is 0 Å². The van der Waals surface area contributed by atoms with Crippen molar-refractivity contribution in [2.45, 2.75) is 73.6 Å². The summed E-state index contributed by atoms with van der Waals surface area (Å²) in [6.45, 7) is 17.0. The van der Waals surface area contributed by atoms with E-state index < -0.39 is 0 Å². The molecule has 0 atom stereocenters. The quantitative estimate of drug-likeness (QED) is 0.400. The molecule has 162 valence electrons. The van der Waals surface area contributed by atoms with Gasteiger partial charge in [-0.15, -0.1) is 0 Å². The van der Waals surface area contributed by atoms with Crippen molar-refractivity contribution in [3.63, 3.8) is 0 Å². The molecule has 30 heavy (non-hydrogen) atoms. The van der Waals surface area contributed by atoms with Crippen LogP contribution in [0.25, 0.3) is 0 Å². The number of aryl methyl sites for hydroxylation is 5. The minimum atomic E-state index is -0.128. The SMILES string of the molecule is CCc1cc(C)cc(F)c1.CCc1cccc(C)c1.Cc1ccc(C(C)(C)C)cc1. The molecule has 0 unspecified atom stereocenters. The summed E-state index contributed by atoms with van der Waals surface area (Å²) >= 11 is 0. The molecule has 0 radical (unpaired) electrons. The minimum absolute atomic E-state index is 0.128. The van der Waals surface area contributed by atoms with Gasteiger partial charge in [-0.25, -0.2) is 4.39 Å². The van der Waals surface area contributed by atoms with Gasteiger partial charge in [-0.05, 0) is 73.4 Å². The number of hydrogen-bond donors (Lipinski definition) is 0. The van der Waals surface area contributed by atoms with Gasteiger partial charge in [-0.2, -0.15) is 0 Å². The minimum Gasteiger partial charge on any atom is -0.207 e. The fourth-order valence-corrected chi connectivity index (χ4v) is 3.00. The average Bonchev–Trinajstić information content (AvgIpc) is 2.68. The monoisotopic (exact) mass is 406 g/mol. The summed E-state index contributed by atoms with van der Waals surface area (Å²) in [6, 6.07) is 22.5. The molecule has 0 saturated heterocycles. The number of benzene rings is 3. The van der Waals surface area contributed by atoms with E-state index in [1.165, 1.54) is 22.3 Å². The summed E-state index contributed by atoms with van der Waals surface area (Å²) in [5.74, 6) is -0.128. The molecule has 0 amide bonds. The van der Waals surface area contributed by atoms with Crippen LogP contribution < -0.4 is 0 Å². The fraction of sp³-hybridized carbons (Fsp3) is 0.379. The van der Waals surface area contributed by atoms with Gasteiger partial charge in [0.05, 0.1) is 0 Å². The van der Waals surface area contributed by atoms with Crippen molar-refractivity contribution < 1.29 is 4.39 Å². The Kier molecular flexibility index (Phi) is 10.5. The first kappa shape index (κ1) is 25.6. The molecular formula is C29H39F. The van der Waals surface area contributed by atoms with Crippen LogP contribution in [-0.4, -0.2) is 0 Å². The van der Waals surface area contributed by atoms with E-state index in [1.807, 2.05) is 19.9 Å². The van der Waals surface area contributed by atoms with E-state index in [-0.39, 0.29) is 11.2 Å². The van der Waals surface area contributed by atoms with Gasteiger partial charge in [0.1, 0.15) is 5.82 Å². The standard InChI is InChI=1S/C11H16.C9H11F.C9H12/c1-9-5-7-10(8-6-9)11(2,3)4;1-3-8-4-7(2)5-9(10)6-8;1-3-9-6-4-5-8(2)7-9/h5-8H,1-4H3;4-6H,3H2,1-2H3;4-7H,3H2,1-2H3. The van der Waals surface area contributed by atoms with Gasteiger partial charge in [-0.1, -0.05) is 100 Å². The smallest absolute Gasteiger partial charge is 0.123 e. The molecule has 3 aromatic carbocycles. The van der Waals surface area contributed by atoms with Crippen molar-refractivity contribution in [2.75, 3.05) is 0 Å². The van der Waals surface area contributed by atoms with Gasteiger partial charge >= 0.3 is 0 Å². The van der Waals surface area contributed by atoms with Crippen LogP contribution in [-0.2, 0) is 18.3 Å². The second kappa shape index (κ2) is 12.3. The molecule has 0 spiro atoms. The van der Waals surface area contributed by atoms with Gasteiger partial charge in [0, 0.05) is 0 Å². The molecule has 0 nitrogen and oxygen atoms in total. The molecule has 1 heteroatoms. The molecule has 3 rings (SSSR count). The van der Waals surface area contributed by atoms with E-state index >= 15 is 0 Å². The summed E-state index contributed by atoms with van der Waals surface area (Å²) in [5.41, 5.74) is 7.87. The Bertz CT molecular complexity index is 863. The lowest BCUT2D eigenvalue weighted by Crippen LogP contribution is -2.10. The van der Waals surface area contributed by atoms with Gasteiger partial charge in [0.15, 0.2) is 0 Å². The van der Waals surface area contributed by atoms with Gasteiger partial charge in [0.2, 0.25) is 0 Å². The second-order valence-corrected chi connectivity index (χ2v) is 8.95. The first-order valence-corrected chi connectivity index (χ1v) is 10.9. The number of hydrogen-bond acceptors (Lipinski definition) is 0. The van der Waals surface area contributed by atoms with Crippen molar-refractivity contribution in [3.05, 3.63) is 106 Å². The maximum absolute atomic E-state index is 12.6. The van der Waals surface area contributed by atoms with Crippen LogP contribution >= 0.6 is 0 Å². The van der Waals surface area contributed by atoms with E-state index in [0.717, 1.165) is 24.0 Å². The predicted molar refractivity (Wildman–Crippen MR) is 131 cm³/mol. The molecule has 0 aliphatic heterocycles. The zero-order valence-electron chi connectivity index (χ0n) is 20.1. The van der Waals surface area contributed by atoms with Crippen molar-refractivity contribution in [2.24, 2.45) is 0 Å². The highest BCUT2D eigenvalue weighted by molar-refractivity contribution is 5.26. The Morgan fingerprint density at radius 1 is 0.633 bits per heavy atom. The Hall–Kier alpha value is -2.41.